The Labute approximate surface area is 121 Å². The number of nitrogens with one attached hydrogen (secondary N) is 1. The Morgan fingerprint density at radius 1 is 1.30 bits per heavy atom. The summed E-state index contributed by atoms with van der Waals surface area (Å²) in [6.07, 6.45) is 0.428. The second kappa shape index (κ2) is 6.52. The molecule has 0 fully saturated rings. The van der Waals surface area contributed by atoms with Crippen molar-refractivity contribution >= 4 is 23.0 Å². The number of amides is 1. The summed E-state index contributed by atoms with van der Waals surface area (Å²) < 4.78 is 5.45. The average Bonchev–Trinajstić information content (AvgIpc) is 3.06. The summed E-state index contributed by atoms with van der Waals surface area (Å²) in [7, 11) is 0. The summed E-state index contributed by atoms with van der Waals surface area (Å²) >= 11 is 1.40. The molecule has 0 aromatic carbocycles. The maximum Gasteiger partial charge on any atom is 0.221 e. The molecule has 0 aliphatic carbocycles. The van der Waals surface area contributed by atoms with E-state index >= 15 is 0 Å². The molecule has 0 saturated carbocycles. The van der Waals surface area contributed by atoms with E-state index in [1.54, 1.807) is 6.07 Å². The van der Waals surface area contributed by atoms with Crippen LogP contribution in [0, 0.1) is 6.92 Å². The van der Waals surface area contributed by atoms with Gasteiger partial charge in [-0.3, -0.25) is 9.59 Å². The van der Waals surface area contributed by atoms with Gasteiger partial charge < -0.3 is 9.73 Å². The number of hydrogen-bond donors (Lipinski definition) is 1. The van der Waals surface area contributed by atoms with Crippen LogP contribution in [-0.2, 0) is 4.79 Å². The lowest BCUT2D eigenvalue weighted by molar-refractivity contribution is -0.121. The summed E-state index contributed by atoms with van der Waals surface area (Å²) in [5.74, 6) is 1.41. The first-order chi connectivity index (χ1) is 9.56. The van der Waals surface area contributed by atoms with Crippen LogP contribution in [0.3, 0.4) is 0 Å². The molecule has 4 nitrogen and oxygen atoms in total. The predicted octanol–water partition coefficient (Wildman–Crippen LogP) is 3.49. The lowest BCUT2D eigenvalue weighted by Crippen LogP contribution is -2.26. The lowest BCUT2D eigenvalue weighted by atomic mass is 10.1. The van der Waals surface area contributed by atoms with Crippen LogP contribution in [0.4, 0.5) is 0 Å². The molecule has 0 spiro atoms. The summed E-state index contributed by atoms with van der Waals surface area (Å²) in [6, 6.07) is 7.13. The Morgan fingerprint density at radius 2 is 2.10 bits per heavy atom. The first kappa shape index (κ1) is 14.5. The number of ketones is 1. The van der Waals surface area contributed by atoms with Crippen molar-refractivity contribution in [3.8, 4) is 0 Å². The third kappa shape index (κ3) is 3.81. The van der Waals surface area contributed by atoms with E-state index < -0.39 is 0 Å². The van der Waals surface area contributed by atoms with E-state index in [4.69, 9.17) is 4.42 Å². The number of rotatable bonds is 6. The van der Waals surface area contributed by atoms with E-state index in [9.17, 15) is 9.59 Å². The Morgan fingerprint density at radius 3 is 2.70 bits per heavy atom. The van der Waals surface area contributed by atoms with Gasteiger partial charge in [0.1, 0.15) is 11.5 Å². The van der Waals surface area contributed by atoms with Gasteiger partial charge in [0.05, 0.1) is 10.9 Å². The Kier molecular flexibility index (Phi) is 4.74. The van der Waals surface area contributed by atoms with Gasteiger partial charge in [0.2, 0.25) is 5.91 Å². The van der Waals surface area contributed by atoms with Crippen LogP contribution >= 0.6 is 11.3 Å². The van der Waals surface area contributed by atoms with Gasteiger partial charge in [-0.1, -0.05) is 6.07 Å². The molecule has 0 bridgehead atoms. The molecule has 1 N–H and O–H groups in total. The van der Waals surface area contributed by atoms with E-state index in [1.807, 2.05) is 37.4 Å². The van der Waals surface area contributed by atoms with Gasteiger partial charge in [0.25, 0.3) is 0 Å². The summed E-state index contributed by atoms with van der Waals surface area (Å²) in [6.45, 7) is 3.72. The fraction of sp³-hybridized carbons (Fsp3) is 0.333. The van der Waals surface area contributed by atoms with Gasteiger partial charge in [-0.2, -0.15) is 0 Å². The van der Waals surface area contributed by atoms with Crippen molar-refractivity contribution in [2.45, 2.75) is 32.7 Å². The first-order valence-corrected chi connectivity index (χ1v) is 7.36. The second-order valence-corrected chi connectivity index (χ2v) is 5.59. The van der Waals surface area contributed by atoms with Crippen molar-refractivity contribution in [3.63, 3.8) is 0 Å². The molecule has 106 valence electrons. The zero-order valence-electron chi connectivity index (χ0n) is 11.5. The molecule has 5 heteroatoms. The van der Waals surface area contributed by atoms with Crippen molar-refractivity contribution in [1.29, 1.82) is 0 Å². The molecule has 2 rings (SSSR count). The molecule has 2 aromatic heterocycles. The monoisotopic (exact) mass is 291 g/mol. The summed E-state index contributed by atoms with van der Waals surface area (Å²) in [5, 5.41) is 4.68. The number of furan rings is 1. The second-order valence-electron chi connectivity index (χ2n) is 4.64. The van der Waals surface area contributed by atoms with Crippen LogP contribution in [0.25, 0.3) is 0 Å². The summed E-state index contributed by atoms with van der Waals surface area (Å²) in [4.78, 5) is 24.3. The van der Waals surface area contributed by atoms with Gasteiger partial charge >= 0.3 is 0 Å². The fourth-order valence-electron chi connectivity index (χ4n) is 1.86. The number of aryl methyl sites for hydroxylation is 1. The van der Waals surface area contributed by atoms with Crippen molar-refractivity contribution in [1.82, 2.24) is 5.32 Å². The van der Waals surface area contributed by atoms with Crippen LogP contribution in [0.5, 0.6) is 0 Å². The summed E-state index contributed by atoms with van der Waals surface area (Å²) in [5.41, 5.74) is 0. The minimum absolute atomic E-state index is 0.0108. The molecule has 1 atom stereocenters. The predicted molar refractivity (Wildman–Crippen MR) is 77.9 cm³/mol. The van der Waals surface area contributed by atoms with E-state index in [-0.39, 0.29) is 30.6 Å². The molecule has 2 aromatic rings. The molecule has 2 heterocycles. The van der Waals surface area contributed by atoms with Crippen molar-refractivity contribution in [3.05, 3.63) is 46.0 Å². The molecule has 0 saturated heterocycles. The number of Topliss-reactive ketones (excluding diaryl/α,β-unsaturated/α-hetero) is 1. The van der Waals surface area contributed by atoms with Crippen LogP contribution in [-0.4, -0.2) is 11.7 Å². The van der Waals surface area contributed by atoms with Crippen molar-refractivity contribution < 1.29 is 14.0 Å². The standard InChI is InChI=1S/C15H17NO3S/c1-10-5-7-13(19-10)11(2)16-15(18)8-6-12(17)14-4-3-9-20-14/h3-5,7,9,11H,6,8H2,1-2H3,(H,16,18)/t11-/m1/s1. The van der Waals surface area contributed by atoms with Crippen molar-refractivity contribution in [2.75, 3.05) is 0 Å². The highest BCUT2D eigenvalue weighted by Crippen LogP contribution is 2.16. The Bertz CT molecular complexity index is 586. The third-order valence-corrected chi connectivity index (χ3v) is 3.85. The zero-order valence-corrected chi connectivity index (χ0v) is 12.3. The smallest absolute Gasteiger partial charge is 0.221 e. The molecular weight excluding hydrogens is 274 g/mol. The molecule has 0 unspecified atom stereocenters. The number of carbonyl (C=O) groups excluding carboxylic acids is 2. The Balaban J connectivity index is 1.79. The van der Waals surface area contributed by atoms with Gasteiger partial charge in [0, 0.05) is 12.8 Å². The minimum atomic E-state index is -0.187. The SMILES string of the molecule is Cc1ccc([C@@H](C)NC(=O)CCC(=O)c2cccs2)o1. The van der Waals surface area contributed by atoms with Gasteiger partial charge in [-0.25, -0.2) is 0 Å². The highest BCUT2D eigenvalue weighted by atomic mass is 32.1. The van der Waals surface area contributed by atoms with Crippen LogP contribution < -0.4 is 5.32 Å². The van der Waals surface area contributed by atoms with Gasteiger partial charge in [-0.05, 0) is 37.4 Å². The fourth-order valence-corrected chi connectivity index (χ4v) is 2.55. The molecule has 0 aliphatic heterocycles. The molecule has 0 radical (unpaired) electrons. The quantitative estimate of drug-likeness (QED) is 0.829. The van der Waals surface area contributed by atoms with E-state index in [0.717, 1.165) is 11.5 Å². The van der Waals surface area contributed by atoms with Crippen molar-refractivity contribution in [2.24, 2.45) is 0 Å². The number of thiophene rings is 1. The Hall–Kier alpha value is -1.88. The maximum absolute atomic E-state index is 11.8. The number of hydrogen-bond acceptors (Lipinski definition) is 4. The maximum atomic E-state index is 11.8. The van der Waals surface area contributed by atoms with Gasteiger partial charge in [0.15, 0.2) is 5.78 Å². The van der Waals surface area contributed by atoms with Gasteiger partial charge in [-0.15, -0.1) is 11.3 Å². The highest BCUT2D eigenvalue weighted by Gasteiger charge is 2.14. The first-order valence-electron chi connectivity index (χ1n) is 6.48. The van der Waals surface area contributed by atoms with E-state index in [2.05, 4.69) is 5.32 Å². The largest absolute Gasteiger partial charge is 0.464 e. The van der Waals surface area contributed by atoms with E-state index in [1.165, 1.54) is 11.3 Å². The molecular formula is C15H17NO3S. The van der Waals surface area contributed by atoms with E-state index in [0.29, 0.717) is 4.88 Å². The molecule has 20 heavy (non-hydrogen) atoms. The van der Waals surface area contributed by atoms with Crippen LogP contribution in [0.15, 0.2) is 34.1 Å². The van der Waals surface area contributed by atoms with Crippen LogP contribution in [0.2, 0.25) is 0 Å². The average molecular weight is 291 g/mol. The highest BCUT2D eigenvalue weighted by molar-refractivity contribution is 7.12. The third-order valence-electron chi connectivity index (χ3n) is 2.94. The minimum Gasteiger partial charge on any atom is -0.464 e. The number of carbonyl (C=O) groups is 2. The lowest BCUT2D eigenvalue weighted by Gasteiger charge is -2.11. The topological polar surface area (TPSA) is 59.3 Å². The van der Waals surface area contributed by atoms with Crippen LogP contribution in [0.1, 0.15) is 47.0 Å². The normalized spacial score (nSPS) is 12.1. The molecule has 0 aliphatic rings. The molecule has 1 amide bonds. The zero-order chi connectivity index (χ0) is 14.5.